The van der Waals surface area contributed by atoms with Gasteiger partial charge in [-0.25, -0.2) is 4.79 Å². The Labute approximate surface area is 129 Å². The topological polar surface area (TPSA) is 46.5 Å². The van der Waals surface area contributed by atoms with E-state index in [2.05, 4.69) is 6.08 Å². The Bertz CT molecular complexity index is 744. The molecule has 0 aromatic heterocycles. The Morgan fingerprint density at radius 3 is 2.73 bits per heavy atom. The van der Waals surface area contributed by atoms with E-state index in [1.807, 2.05) is 30.3 Å². The van der Waals surface area contributed by atoms with Crippen molar-refractivity contribution >= 4 is 11.5 Å². The average Bonchev–Trinajstić information content (AvgIpc) is 2.76. The van der Waals surface area contributed by atoms with Crippen LogP contribution in [0.4, 0.5) is 0 Å². The number of fused-ring (bicyclic) bond motifs is 1. The van der Waals surface area contributed by atoms with Gasteiger partial charge in [-0.1, -0.05) is 30.3 Å². The summed E-state index contributed by atoms with van der Waals surface area (Å²) in [5.41, 5.74) is 4.59. The number of methoxy groups -OCH3 is 1. The third-order valence-corrected chi connectivity index (χ3v) is 4.04. The van der Waals surface area contributed by atoms with Gasteiger partial charge in [-0.2, -0.15) is 0 Å². The quantitative estimate of drug-likeness (QED) is 0.924. The molecule has 1 N–H and O–H groups in total. The highest BCUT2D eigenvalue weighted by atomic mass is 16.5. The van der Waals surface area contributed by atoms with Crippen molar-refractivity contribution in [3.8, 4) is 5.75 Å². The second-order valence-corrected chi connectivity index (χ2v) is 5.39. The molecular weight excluding hydrogens is 276 g/mol. The fourth-order valence-electron chi connectivity index (χ4n) is 2.95. The maximum Gasteiger partial charge on any atom is 0.335 e. The van der Waals surface area contributed by atoms with E-state index in [1.165, 1.54) is 5.56 Å². The molecule has 0 radical (unpaired) electrons. The minimum Gasteiger partial charge on any atom is -0.496 e. The molecule has 0 atom stereocenters. The van der Waals surface area contributed by atoms with E-state index < -0.39 is 5.97 Å². The Kier molecular flexibility index (Phi) is 3.96. The van der Waals surface area contributed by atoms with Crippen LogP contribution in [0.15, 0.2) is 48.5 Å². The van der Waals surface area contributed by atoms with E-state index in [-0.39, 0.29) is 0 Å². The van der Waals surface area contributed by atoms with Gasteiger partial charge in [0.15, 0.2) is 0 Å². The number of carboxylic acids is 1. The Hall–Kier alpha value is -2.55. The Morgan fingerprint density at radius 1 is 1.14 bits per heavy atom. The summed E-state index contributed by atoms with van der Waals surface area (Å²) in [6.45, 7) is 0. The first-order valence-corrected chi connectivity index (χ1v) is 7.41. The molecule has 1 aliphatic carbocycles. The number of para-hydroxylation sites is 1. The number of hydrogen-bond donors (Lipinski definition) is 1. The van der Waals surface area contributed by atoms with Crippen molar-refractivity contribution in [3.05, 3.63) is 70.8 Å². The first-order valence-electron chi connectivity index (χ1n) is 7.41. The van der Waals surface area contributed by atoms with Crippen LogP contribution in [0.3, 0.4) is 0 Å². The molecule has 3 rings (SSSR count). The maximum atomic E-state index is 11.3. The zero-order valence-corrected chi connectivity index (χ0v) is 12.5. The van der Waals surface area contributed by atoms with Gasteiger partial charge in [0.1, 0.15) is 5.75 Å². The van der Waals surface area contributed by atoms with Gasteiger partial charge in [0, 0.05) is 5.56 Å². The summed E-state index contributed by atoms with van der Waals surface area (Å²) in [5, 5.41) is 9.27. The summed E-state index contributed by atoms with van der Waals surface area (Å²) >= 11 is 0. The standard InChI is InChI=1S/C19H18O3/c1-22-18-9-5-4-8-16(18)15-7-3-2-6-13-10-11-14(19(20)21)12-17(13)15/h4-5,7-12H,2-3,6H2,1H3,(H,20,21). The number of ether oxygens (including phenoxy) is 1. The van der Waals surface area contributed by atoms with Gasteiger partial charge in [0.25, 0.3) is 0 Å². The summed E-state index contributed by atoms with van der Waals surface area (Å²) in [5.74, 6) is -0.0891. The molecule has 0 unspecified atom stereocenters. The average molecular weight is 294 g/mol. The van der Waals surface area contributed by atoms with Gasteiger partial charge < -0.3 is 9.84 Å². The van der Waals surface area contributed by atoms with Crippen molar-refractivity contribution < 1.29 is 14.6 Å². The van der Waals surface area contributed by atoms with Crippen molar-refractivity contribution in [2.75, 3.05) is 7.11 Å². The van der Waals surface area contributed by atoms with Crippen molar-refractivity contribution in [1.29, 1.82) is 0 Å². The monoisotopic (exact) mass is 294 g/mol. The molecule has 0 amide bonds. The fourth-order valence-corrected chi connectivity index (χ4v) is 2.95. The smallest absolute Gasteiger partial charge is 0.335 e. The van der Waals surface area contributed by atoms with Gasteiger partial charge in [-0.05, 0) is 54.2 Å². The number of carbonyl (C=O) groups is 1. The van der Waals surface area contributed by atoms with Crippen molar-refractivity contribution in [1.82, 2.24) is 0 Å². The number of rotatable bonds is 3. The van der Waals surface area contributed by atoms with E-state index in [0.717, 1.165) is 41.7 Å². The van der Waals surface area contributed by atoms with Crippen LogP contribution in [0.25, 0.3) is 5.57 Å². The molecule has 1 aliphatic rings. The number of benzene rings is 2. The number of aryl methyl sites for hydroxylation is 1. The van der Waals surface area contributed by atoms with Gasteiger partial charge in [-0.3, -0.25) is 0 Å². The molecule has 2 aromatic carbocycles. The Balaban J connectivity index is 2.19. The second-order valence-electron chi connectivity index (χ2n) is 5.39. The van der Waals surface area contributed by atoms with Crippen molar-refractivity contribution in [2.24, 2.45) is 0 Å². The number of hydrogen-bond acceptors (Lipinski definition) is 2. The molecule has 2 aromatic rings. The van der Waals surface area contributed by atoms with Crippen molar-refractivity contribution in [3.63, 3.8) is 0 Å². The molecular formula is C19H18O3. The zero-order chi connectivity index (χ0) is 15.5. The molecule has 0 saturated heterocycles. The third kappa shape index (κ3) is 2.62. The normalized spacial score (nSPS) is 13.8. The predicted molar refractivity (Wildman–Crippen MR) is 86.4 cm³/mol. The summed E-state index contributed by atoms with van der Waals surface area (Å²) in [6, 6.07) is 13.3. The lowest BCUT2D eigenvalue weighted by atomic mass is 9.92. The lowest BCUT2D eigenvalue weighted by molar-refractivity contribution is 0.0697. The van der Waals surface area contributed by atoms with Crippen LogP contribution in [-0.4, -0.2) is 18.2 Å². The second kappa shape index (κ2) is 6.06. The highest BCUT2D eigenvalue weighted by Crippen LogP contribution is 2.36. The minimum atomic E-state index is -0.897. The van der Waals surface area contributed by atoms with Crippen LogP contribution in [0.1, 0.15) is 39.9 Å². The van der Waals surface area contributed by atoms with Gasteiger partial charge in [-0.15, -0.1) is 0 Å². The maximum absolute atomic E-state index is 11.3. The van der Waals surface area contributed by atoms with Gasteiger partial charge in [0.2, 0.25) is 0 Å². The fraction of sp³-hybridized carbons (Fsp3) is 0.211. The van der Waals surface area contributed by atoms with Gasteiger partial charge >= 0.3 is 5.97 Å². The molecule has 112 valence electrons. The SMILES string of the molecule is COc1ccccc1C1=CCCCc2ccc(C(=O)O)cc21. The number of allylic oxidation sites excluding steroid dienone is 1. The van der Waals surface area contributed by atoms with Crippen LogP contribution < -0.4 is 4.74 Å². The number of aromatic carboxylic acids is 1. The molecule has 22 heavy (non-hydrogen) atoms. The third-order valence-electron chi connectivity index (χ3n) is 4.04. The van der Waals surface area contributed by atoms with E-state index in [9.17, 15) is 9.90 Å². The Morgan fingerprint density at radius 2 is 1.95 bits per heavy atom. The van der Waals surface area contributed by atoms with Crippen molar-refractivity contribution in [2.45, 2.75) is 19.3 Å². The lowest BCUT2D eigenvalue weighted by Crippen LogP contribution is -2.01. The molecule has 0 spiro atoms. The minimum absolute atomic E-state index is 0.321. The van der Waals surface area contributed by atoms with E-state index in [4.69, 9.17) is 4.74 Å². The van der Waals surface area contributed by atoms with Crippen LogP contribution in [0.5, 0.6) is 5.75 Å². The first kappa shape index (κ1) is 14.4. The van der Waals surface area contributed by atoms with E-state index in [1.54, 1.807) is 19.2 Å². The molecule has 0 aliphatic heterocycles. The van der Waals surface area contributed by atoms with Gasteiger partial charge in [0.05, 0.1) is 12.7 Å². The predicted octanol–water partition coefficient (Wildman–Crippen LogP) is 4.16. The lowest BCUT2D eigenvalue weighted by Gasteiger charge is -2.15. The van der Waals surface area contributed by atoms with Crippen LogP contribution >= 0.6 is 0 Å². The summed E-state index contributed by atoms with van der Waals surface area (Å²) in [4.78, 5) is 11.3. The first-order chi connectivity index (χ1) is 10.7. The summed E-state index contributed by atoms with van der Waals surface area (Å²) < 4.78 is 5.47. The van der Waals surface area contributed by atoms with Crippen LogP contribution in [-0.2, 0) is 6.42 Å². The van der Waals surface area contributed by atoms with Crippen LogP contribution in [0, 0.1) is 0 Å². The molecule has 0 saturated carbocycles. The molecule has 0 bridgehead atoms. The van der Waals surface area contributed by atoms with E-state index in [0.29, 0.717) is 5.56 Å². The molecule has 0 heterocycles. The molecule has 0 fully saturated rings. The molecule has 3 heteroatoms. The zero-order valence-electron chi connectivity index (χ0n) is 12.5. The number of carboxylic acid groups (broad SMARTS) is 1. The largest absolute Gasteiger partial charge is 0.496 e. The van der Waals surface area contributed by atoms with E-state index >= 15 is 0 Å². The summed E-state index contributed by atoms with van der Waals surface area (Å²) in [7, 11) is 1.66. The summed E-state index contributed by atoms with van der Waals surface area (Å²) in [6.07, 6.45) is 5.20. The highest BCUT2D eigenvalue weighted by molar-refractivity contribution is 5.92. The highest BCUT2D eigenvalue weighted by Gasteiger charge is 2.17. The van der Waals surface area contributed by atoms with Crippen LogP contribution in [0.2, 0.25) is 0 Å². The molecule has 3 nitrogen and oxygen atoms in total.